The van der Waals surface area contributed by atoms with Gasteiger partial charge in [0.15, 0.2) is 5.75 Å². The molecule has 5 heteroatoms. The van der Waals surface area contributed by atoms with Crippen molar-refractivity contribution in [1.82, 2.24) is 4.98 Å². The number of rotatable bonds is 3. The number of pyridine rings is 1. The van der Waals surface area contributed by atoms with Gasteiger partial charge in [0.05, 0.1) is 5.02 Å². The Labute approximate surface area is 112 Å². The van der Waals surface area contributed by atoms with Gasteiger partial charge in [0.25, 0.3) is 0 Å². The van der Waals surface area contributed by atoms with Gasteiger partial charge in [-0.05, 0) is 45.8 Å². The minimum absolute atomic E-state index is 0.108. The third-order valence-corrected chi connectivity index (χ3v) is 3.01. The smallest absolute Gasteiger partial charge is 0.152 e. The molecule has 0 fully saturated rings. The molecule has 1 heterocycles. The number of hydrogen-bond donors (Lipinski definition) is 0. The predicted molar refractivity (Wildman–Crippen MR) is 67.7 cm³/mol. The summed E-state index contributed by atoms with van der Waals surface area (Å²) in [4.78, 5) is 4.02. The van der Waals surface area contributed by atoms with Crippen molar-refractivity contribution in [1.29, 1.82) is 0 Å². The SMILES string of the molecule is Fc1cc(COc2cccnc2Br)ccc1Cl. The molecule has 2 nitrogen and oxygen atoms in total. The van der Waals surface area contributed by atoms with Gasteiger partial charge in [0.1, 0.15) is 17.0 Å². The van der Waals surface area contributed by atoms with E-state index < -0.39 is 5.82 Å². The van der Waals surface area contributed by atoms with Crippen LogP contribution in [0.4, 0.5) is 4.39 Å². The summed E-state index contributed by atoms with van der Waals surface area (Å²) in [6.07, 6.45) is 1.65. The second-order valence-corrected chi connectivity index (χ2v) is 4.49. The Hall–Kier alpha value is -1.13. The van der Waals surface area contributed by atoms with Crippen molar-refractivity contribution in [2.75, 3.05) is 0 Å². The van der Waals surface area contributed by atoms with Crippen LogP contribution in [0.2, 0.25) is 5.02 Å². The fourth-order valence-electron chi connectivity index (χ4n) is 1.27. The molecule has 0 aliphatic rings. The van der Waals surface area contributed by atoms with Crippen LogP contribution >= 0.6 is 27.5 Å². The molecule has 0 bridgehead atoms. The second-order valence-electron chi connectivity index (χ2n) is 3.33. The van der Waals surface area contributed by atoms with Gasteiger partial charge < -0.3 is 4.74 Å². The lowest BCUT2D eigenvalue weighted by atomic mass is 10.2. The molecule has 0 saturated carbocycles. The van der Waals surface area contributed by atoms with E-state index in [1.807, 2.05) is 0 Å². The van der Waals surface area contributed by atoms with Crippen LogP contribution in [-0.2, 0) is 6.61 Å². The lowest BCUT2D eigenvalue weighted by molar-refractivity contribution is 0.302. The van der Waals surface area contributed by atoms with E-state index in [1.54, 1.807) is 24.4 Å². The topological polar surface area (TPSA) is 22.1 Å². The third-order valence-electron chi connectivity index (χ3n) is 2.10. The van der Waals surface area contributed by atoms with Crippen LogP contribution in [0.1, 0.15) is 5.56 Å². The average molecular weight is 317 g/mol. The first-order valence-corrected chi connectivity index (χ1v) is 6.01. The highest BCUT2D eigenvalue weighted by Crippen LogP contribution is 2.23. The van der Waals surface area contributed by atoms with Crippen molar-refractivity contribution in [2.45, 2.75) is 6.61 Å². The van der Waals surface area contributed by atoms with Crippen molar-refractivity contribution in [3.8, 4) is 5.75 Å². The van der Waals surface area contributed by atoms with Crippen molar-refractivity contribution in [3.05, 3.63) is 57.5 Å². The van der Waals surface area contributed by atoms with Gasteiger partial charge in [-0.1, -0.05) is 17.7 Å². The van der Waals surface area contributed by atoms with Crippen LogP contribution in [0, 0.1) is 5.82 Å². The summed E-state index contributed by atoms with van der Waals surface area (Å²) < 4.78 is 19.3. The molecule has 88 valence electrons. The third kappa shape index (κ3) is 3.17. The maximum Gasteiger partial charge on any atom is 0.152 e. The molecule has 0 radical (unpaired) electrons. The summed E-state index contributed by atoms with van der Waals surface area (Å²) in [5, 5.41) is 0.108. The summed E-state index contributed by atoms with van der Waals surface area (Å²) >= 11 is 8.85. The molecule has 2 rings (SSSR count). The Morgan fingerprint density at radius 3 is 2.88 bits per heavy atom. The molecule has 1 aromatic heterocycles. The second kappa shape index (κ2) is 5.47. The van der Waals surface area contributed by atoms with Crippen LogP contribution in [0.25, 0.3) is 0 Å². The summed E-state index contributed by atoms with van der Waals surface area (Å²) in [6, 6.07) is 8.13. The predicted octanol–water partition coefficient (Wildman–Crippen LogP) is 4.22. The zero-order valence-electron chi connectivity index (χ0n) is 8.66. The highest BCUT2D eigenvalue weighted by molar-refractivity contribution is 9.10. The Balaban J connectivity index is 2.08. The summed E-state index contributed by atoms with van der Waals surface area (Å²) in [7, 11) is 0. The molecule has 0 spiro atoms. The van der Waals surface area contributed by atoms with Gasteiger partial charge in [-0.2, -0.15) is 0 Å². The number of hydrogen-bond acceptors (Lipinski definition) is 2. The number of halogens is 3. The van der Waals surface area contributed by atoms with Gasteiger partial charge in [-0.3, -0.25) is 0 Å². The Morgan fingerprint density at radius 2 is 2.18 bits per heavy atom. The van der Waals surface area contributed by atoms with Crippen LogP contribution in [0.3, 0.4) is 0 Å². The van der Waals surface area contributed by atoms with E-state index in [4.69, 9.17) is 16.3 Å². The maximum absolute atomic E-state index is 13.2. The van der Waals surface area contributed by atoms with E-state index in [-0.39, 0.29) is 11.6 Å². The molecule has 0 N–H and O–H groups in total. The van der Waals surface area contributed by atoms with Gasteiger partial charge in [0, 0.05) is 6.20 Å². The summed E-state index contributed by atoms with van der Waals surface area (Å²) in [5.41, 5.74) is 0.711. The number of benzene rings is 1. The van der Waals surface area contributed by atoms with E-state index >= 15 is 0 Å². The lowest BCUT2D eigenvalue weighted by Crippen LogP contribution is -1.97. The number of ether oxygens (including phenoxy) is 1. The molecule has 17 heavy (non-hydrogen) atoms. The normalized spacial score (nSPS) is 10.3. The zero-order valence-corrected chi connectivity index (χ0v) is 11.0. The molecule has 2 aromatic rings. The van der Waals surface area contributed by atoms with E-state index in [9.17, 15) is 4.39 Å². The molecule has 0 amide bonds. The summed E-state index contributed by atoms with van der Waals surface area (Å²) in [5.74, 6) is 0.167. The Morgan fingerprint density at radius 1 is 1.35 bits per heavy atom. The zero-order chi connectivity index (χ0) is 12.3. The quantitative estimate of drug-likeness (QED) is 0.791. The highest BCUT2D eigenvalue weighted by Gasteiger charge is 2.04. The van der Waals surface area contributed by atoms with Crippen molar-refractivity contribution in [2.24, 2.45) is 0 Å². The van der Waals surface area contributed by atoms with Crippen LogP contribution in [0.15, 0.2) is 41.1 Å². The van der Waals surface area contributed by atoms with Crippen molar-refractivity contribution >= 4 is 27.5 Å². The van der Waals surface area contributed by atoms with Gasteiger partial charge in [0.2, 0.25) is 0 Å². The van der Waals surface area contributed by atoms with E-state index in [1.165, 1.54) is 12.1 Å². The fourth-order valence-corrected chi connectivity index (χ4v) is 1.75. The molecule has 0 unspecified atom stereocenters. The molecule has 0 saturated heterocycles. The van der Waals surface area contributed by atoms with E-state index in [2.05, 4.69) is 20.9 Å². The molecule has 0 atom stereocenters. The fraction of sp³-hybridized carbons (Fsp3) is 0.0833. The first-order chi connectivity index (χ1) is 8.16. The maximum atomic E-state index is 13.2. The minimum Gasteiger partial charge on any atom is -0.486 e. The van der Waals surface area contributed by atoms with Crippen LogP contribution in [-0.4, -0.2) is 4.98 Å². The largest absolute Gasteiger partial charge is 0.486 e. The Kier molecular flexibility index (Phi) is 3.97. The first kappa shape index (κ1) is 12.3. The van der Waals surface area contributed by atoms with E-state index in [0.29, 0.717) is 15.9 Å². The van der Waals surface area contributed by atoms with E-state index in [0.717, 1.165) is 0 Å². The van der Waals surface area contributed by atoms with Gasteiger partial charge in [-0.25, -0.2) is 9.37 Å². The molecular formula is C12H8BrClFNO. The van der Waals surface area contributed by atoms with Crippen LogP contribution < -0.4 is 4.74 Å². The minimum atomic E-state index is -0.446. The molecule has 0 aliphatic heterocycles. The van der Waals surface area contributed by atoms with Gasteiger partial charge in [-0.15, -0.1) is 0 Å². The van der Waals surface area contributed by atoms with Crippen molar-refractivity contribution < 1.29 is 9.13 Å². The molecule has 0 aliphatic carbocycles. The highest BCUT2D eigenvalue weighted by atomic mass is 79.9. The molecule has 1 aromatic carbocycles. The standard InChI is InChI=1S/C12H8BrClFNO/c13-12-11(2-1-5-16-12)17-7-8-3-4-9(14)10(15)6-8/h1-6H,7H2. The Bertz CT molecular complexity index is 536. The van der Waals surface area contributed by atoms with Crippen LogP contribution in [0.5, 0.6) is 5.75 Å². The lowest BCUT2D eigenvalue weighted by Gasteiger charge is -2.07. The monoisotopic (exact) mass is 315 g/mol. The van der Waals surface area contributed by atoms with Crippen molar-refractivity contribution in [3.63, 3.8) is 0 Å². The number of nitrogens with zero attached hydrogens (tertiary/aromatic N) is 1. The summed E-state index contributed by atoms with van der Waals surface area (Å²) in [6.45, 7) is 0.262. The van der Waals surface area contributed by atoms with Gasteiger partial charge >= 0.3 is 0 Å². The molecular weight excluding hydrogens is 308 g/mol. The average Bonchev–Trinajstić information content (AvgIpc) is 2.32. The first-order valence-electron chi connectivity index (χ1n) is 4.84. The number of aromatic nitrogens is 1.